The van der Waals surface area contributed by atoms with E-state index >= 15 is 0 Å². The predicted molar refractivity (Wildman–Crippen MR) is 55.3 cm³/mol. The summed E-state index contributed by atoms with van der Waals surface area (Å²) in [4.78, 5) is 22.6. The van der Waals surface area contributed by atoms with Crippen molar-refractivity contribution in [1.29, 1.82) is 0 Å². The molecule has 15 heavy (non-hydrogen) atoms. The molecule has 3 heteroatoms. The third-order valence-corrected chi connectivity index (χ3v) is 3.19. The first kappa shape index (κ1) is 10.4. The Morgan fingerprint density at radius 1 is 1.20 bits per heavy atom. The Kier molecular flexibility index (Phi) is 2.89. The van der Waals surface area contributed by atoms with Gasteiger partial charge >= 0.3 is 5.97 Å². The fraction of sp³-hybridized carbons (Fsp3) is 0.667. The Morgan fingerprint density at radius 2 is 1.93 bits per heavy atom. The Labute approximate surface area is 89.5 Å². The average molecular weight is 208 g/mol. The molecule has 0 bridgehead atoms. The zero-order chi connectivity index (χ0) is 10.8. The summed E-state index contributed by atoms with van der Waals surface area (Å²) in [7, 11) is 0. The number of ketones is 1. The van der Waals surface area contributed by atoms with Gasteiger partial charge < -0.3 is 4.74 Å². The highest BCUT2D eigenvalue weighted by Gasteiger charge is 2.32. The molecule has 82 valence electrons. The maximum atomic E-state index is 11.7. The van der Waals surface area contributed by atoms with Crippen LogP contribution >= 0.6 is 0 Å². The lowest BCUT2D eigenvalue weighted by atomic mass is 9.80. The molecule has 2 aliphatic carbocycles. The van der Waals surface area contributed by atoms with Crippen LogP contribution in [0.25, 0.3) is 0 Å². The fourth-order valence-corrected chi connectivity index (χ4v) is 2.50. The molecule has 0 aliphatic heterocycles. The van der Waals surface area contributed by atoms with Gasteiger partial charge in [0.05, 0.1) is 0 Å². The molecule has 1 atom stereocenters. The maximum absolute atomic E-state index is 11.7. The van der Waals surface area contributed by atoms with Crippen LogP contribution in [-0.4, -0.2) is 17.9 Å². The zero-order valence-electron chi connectivity index (χ0n) is 9.04. The van der Waals surface area contributed by atoms with Crippen LogP contribution in [0.4, 0.5) is 0 Å². The van der Waals surface area contributed by atoms with E-state index in [9.17, 15) is 9.59 Å². The van der Waals surface area contributed by atoms with Gasteiger partial charge in [0.1, 0.15) is 0 Å². The molecule has 0 saturated carbocycles. The standard InChI is InChI=1S/C12H16O3/c1-8(13)15-12-10-5-3-2-4-9(10)6-7-11(12)14/h12H,2-7H2,1H3. The minimum atomic E-state index is -0.549. The van der Waals surface area contributed by atoms with E-state index in [-0.39, 0.29) is 11.8 Å². The summed E-state index contributed by atoms with van der Waals surface area (Å²) >= 11 is 0. The second-order valence-corrected chi connectivity index (χ2v) is 4.29. The first-order valence-corrected chi connectivity index (χ1v) is 5.59. The molecule has 0 amide bonds. The number of esters is 1. The number of ether oxygens (including phenoxy) is 1. The molecule has 3 nitrogen and oxygen atoms in total. The summed E-state index contributed by atoms with van der Waals surface area (Å²) in [6, 6.07) is 0. The molecule has 2 rings (SSSR count). The van der Waals surface area contributed by atoms with Crippen LogP contribution in [0.15, 0.2) is 11.1 Å². The van der Waals surface area contributed by atoms with Gasteiger partial charge in [-0.25, -0.2) is 0 Å². The molecule has 0 aromatic carbocycles. The van der Waals surface area contributed by atoms with E-state index in [1.807, 2.05) is 0 Å². The van der Waals surface area contributed by atoms with Gasteiger partial charge in [-0.1, -0.05) is 5.57 Å². The van der Waals surface area contributed by atoms with Gasteiger partial charge in [-0.2, -0.15) is 0 Å². The number of allylic oxidation sites excluding steroid dienone is 1. The van der Waals surface area contributed by atoms with E-state index in [1.165, 1.54) is 18.9 Å². The molecule has 1 unspecified atom stereocenters. The number of hydrogen-bond acceptors (Lipinski definition) is 3. The molecule has 0 heterocycles. The predicted octanol–water partition coefficient (Wildman–Crippen LogP) is 2.15. The number of hydrogen-bond donors (Lipinski definition) is 0. The number of rotatable bonds is 1. The van der Waals surface area contributed by atoms with Gasteiger partial charge in [0, 0.05) is 13.3 Å². The monoisotopic (exact) mass is 208 g/mol. The number of carbonyl (C=O) groups excluding carboxylic acids is 2. The molecule has 0 saturated heterocycles. The lowest BCUT2D eigenvalue weighted by Gasteiger charge is -2.30. The Bertz CT molecular complexity index is 328. The highest BCUT2D eigenvalue weighted by molar-refractivity contribution is 5.89. The maximum Gasteiger partial charge on any atom is 0.303 e. The van der Waals surface area contributed by atoms with E-state index in [4.69, 9.17) is 4.74 Å². The molecule has 0 radical (unpaired) electrons. The first-order chi connectivity index (χ1) is 7.18. The first-order valence-electron chi connectivity index (χ1n) is 5.59. The fourth-order valence-electron chi connectivity index (χ4n) is 2.50. The van der Waals surface area contributed by atoms with Crippen molar-refractivity contribution in [2.45, 2.75) is 51.6 Å². The van der Waals surface area contributed by atoms with E-state index in [0.717, 1.165) is 31.3 Å². The third-order valence-electron chi connectivity index (χ3n) is 3.19. The summed E-state index contributed by atoms with van der Waals surface area (Å²) in [5.74, 6) is -0.279. The average Bonchev–Trinajstić information content (AvgIpc) is 2.22. The third kappa shape index (κ3) is 2.11. The van der Waals surface area contributed by atoms with Crippen molar-refractivity contribution in [2.75, 3.05) is 0 Å². The van der Waals surface area contributed by atoms with Crippen LogP contribution in [0.2, 0.25) is 0 Å². The normalized spacial score (nSPS) is 26.2. The van der Waals surface area contributed by atoms with Crippen molar-refractivity contribution in [3.63, 3.8) is 0 Å². The van der Waals surface area contributed by atoms with Crippen molar-refractivity contribution < 1.29 is 14.3 Å². The molecule has 0 fully saturated rings. The number of Topliss-reactive ketones (excluding diaryl/α,β-unsaturated/α-hetero) is 1. The molecule has 0 aromatic rings. The molecule has 0 aromatic heterocycles. The van der Waals surface area contributed by atoms with Crippen LogP contribution in [0.3, 0.4) is 0 Å². The van der Waals surface area contributed by atoms with Gasteiger partial charge in [0.15, 0.2) is 11.9 Å². The van der Waals surface area contributed by atoms with Crippen LogP contribution < -0.4 is 0 Å². The van der Waals surface area contributed by atoms with Gasteiger partial charge in [-0.05, 0) is 37.7 Å². The smallest absolute Gasteiger partial charge is 0.303 e. The van der Waals surface area contributed by atoms with Gasteiger partial charge in [0.25, 0.3) is 0 Å². The van der Waals surface area contributed by atoms with Crippen LogP contribution in [0, 0.1) is 0 Å². The van der Waals surface area contributed by atoms with Crippen LogP contribution in [0.5, 0.6) is 0 Å². The van der Waals surface area contributed by atoms with Crippen LogP contribution in [-0.2, 0) is 14.3 Å². The summed E-state index contributed by atoms with van der Waals surface area (Å²) in [5, 5.41) is 0. The van der Waals surface area contributed by atoms with Gasteiger partial charge in [0.2, 0.25) is 0 Å². The van der Waals surface area contributed by atoms with Crippen molar-refractivity contribution in [3.8, 4) is 0 Å². The van der Waals surface area contributed by atoms with Crippen molar-refractivity contribution in [2.24, 2.45) is 0 Å². The van der Waals surface area contributed by atoms with E-state index in [0.29, 0.717) is 6.42 Å². The summed E-state index contributed by atoms with van der Waals surface area (Å²) < 4.78 is 5.13. The Balaban J connectivity index is 2.23. The van der Waals surface area contributed by atoms with E-state index in [2.05, 4.69) is 0 Å². The Morgan fingerprint density at radius 3 is 2.67 bits per heavy atom. The van der Waals surface area contributed by atoms with Crippen molar-refractivity contribution in [1.82, 2.24) is 0 Å². The van der Waals surface area contributed by atoms with Crippen molar-refractivity contribution in [3.05, 3.63) is 11.1 Å². The molecule has 2 aliphatic rings. The summed E-state index contributed by atoms with van der Waals surface area (Å²) in [5.41, 5.74) is 2.47. The second-order valence-electron chi connectivity index (χ2n) is 4.29. The highest BCUT2D eigenvalue weighted by Crippen LogP contribution is 2.35. The minimum absolute atomic E-state index is 0.0749. The highest BCUT2D eigenvalue weighted by atomic mass is 16.5. The molecular formula is C12H16O3. The Hall–Kier alpha value is -1.12. The quantitative estimate of drug-likeness (QED) is 0.490. The zero-order valence-corrected chi connectivity index (χ0v) is 9.04. The summed E-state index contributed by atoms with van der Waals surface area (Å²) in [6.45, 7) is 1.37. The molecule has 0 N–H and O–H groups in total. The van der Waals surface area contributed by atoms with Gasteiger partial charge in [-0.15, -0.1) is 0 Å². The summed E-state index contributed by atoms with van der Waals surface area (Å²) in [6.07, 6.45) is 5.21. The topological polar surface area (TPSA) is 43.4 Å². The largest absolute Gasteiger partial charge is 0.450 e. The van der Waals surface area contributed by atoms with Crippen LogP contribution in [0.1, 0.15) is 45.4 Å². The molecule has 0 spiro atoms. The lowest BCUT2D eigenvalue weighted by molar-refractivity contribution is -0.151. The van der Waals surface area contributed by atoms with Crippen molar-refractivity contribution >= 4 is 11.8 Å². The van der Waals surface area contributed by atoms with E-state index < -0.39 is 6.10 Å². The molecular weight excluding hydrogens is 192 g/mol. The lowest BCUT2D eigenvalue weighted by Crippen LogP contribution is -2.33. The van der Waals surface area contributed by atoms with Gasteiger partial charge in [-0.3, -0.25) is 9.59 Å². The van der Waals surface area contributed by atoms with E-state index in [1.54, 1.807) is 0 Å². The SMILES string of the molecule is CC(=O)OC1C(=O)CCC2=C1CCCC2. The second kappa shape index (κ2) is 4.17. The minimum Gasteiger partial charge on any atom is -0.450 e. The number of carbonyl (C=O) groups is 2.